The Kier molecular flexibility index (Phi) is 5.75. The van der Waals surface area contributed by atoms with E-state index in [9.17, 15) is 15.0 Å². The highest BCUT2D eigenvalue weighted by molar-refractivity contribution is 8.76. The molecule has 134 valence electrons. The maximum atomic E-state index is 12.5. The quantitative estimate of drug-likeness (QED) is 0.619. The molecule has 0 aliphatic heterocycles. The van der Waals surface area contributed by atoms with Crippen molar-refractivity contribution >= 4 is 27.6 Å². The molecule has 0 saturated heterocycles. The summed E-state index contributed by atoms with van der Waals surface area (Å²) in [5, 5.41) is 20.1. The van der Waals surface area contributed by atoms with Gasteiger partial charge in [-0.25, -0.2) is 9.78 Å². The largest absolute Gasteiger partial charge is 0.492 e. The third-order valence-corrected chi connectivity index (χ3v) is 5.80. The van der Waals surface area contributed by atoms with E-state index in [1.54, 1.807) is 12.3 Å². The second kappa shape index (κ2) is 8.20. The number of benzene rings is 1. The van der Waals surface area contributed by atoms with Crippen LogP contribution in [0.5, 0.6) is 11.8 Å². The van der Waals surface area contributed by atoms with Crippen LogP contribution < -0.4 is 4.84 Å². The summed E-state index contributed by atoms with van der Waals surface area (Å²) in [6.07, 6.45) is 2.37. The Morgan fingerprint density at radius 2 is 1.88 bits per heavy atom. The first-order chi connectivity index (χ1) is 12.6. The van der Waals surface area contributed by atoms with E-state index >= 15 is 0 Å². The average molecular weight is 388 g/mol. The van der Waals surface area contributed by atoms with E-state index < -0.39 is 5.97 Å². The lowest BCUT2D eigenvalue weighted by Gasteiger charge is -2.11. The summed E-state index contributed by atoms with van der Waals surface area (Å²) in [5.74, 6) is -1.37. The van der Waals surface area contributed by atoms with Crippen molar-refractivity contribution in [3.63, 3.8) is 0 Å². The number of carbonyl (C=O) groups is 1. The highest BCUT2D eigenvalue weighted by Gasteiger charge is 2.18. The van der Waals surface area contributed by atoms with Crippen LogP contribution in [0.25, 0.3) is 0 Å². The topological polar surface area (TPSA) is 84.6 Å². The Labute approximate surface area is 158 Å². The van der Waals surface area contributed by atoms with Crippen LogP contribution in [0.1, 0.15) is 22.8 Å². The van der Waals surface area contributed by atoms with Crippen molar-refractivity contribution in [2.45, 2.75) is 23.3 Å². The lowest BCUT2D eigenvalue weighted by molar-refractivity contribution is 0.0380. The van der Waals surface area contributed by atoms with Crippen molar-refractivity contribution in [2.75, 3.05) is 0 Å². The van der Waals surface area contributed by atoms with E-state index in [1.807, 2.05) is 37.3 Å². The van der Waals surface area contributed by atoms with Gasteiger partial charge in [0.15, 0.2) is 0 Å². The summed E-state index contributed by atoms with van der Waals surface area (Å²) >= 11 is 0. The zero-order valence-electron chi connectivity index (χ0n) is 13.8. The van der Waals surface area contributed by atoms with Crippen LogP contribution in [0.4, 0.5) is 0 Å². The average Bonchev–Trinajstić information content (AvgIpc) is 2.99. The van der Waals surface area contributed by atoms with E-state index in [1.165, 1.54) is 33.7 Å². The predicted molar refractivity (Wildman–Crippen MR) is 100 cm³/mol. The number of aryl methyl sites for hydroxylation is 1. The molecule has 0 spiro atoms. The van der Waals surface area contributed by atoms with Gasteiger partial charge in [0.05, 0.1) is 5.56 Å². The molecule has 0 bridgehead atoms. The van der Waals surface area contributed by atoms with Gasteiger partial charge in [-0.15, -0.1) is 4.73 Å². The van der Waals surface area contributed by atoms with Gasteiger partial charge in [0.25, 0.3) is 0 Å². The molecule has 0 radical (unpaired) electrons. The highest BCUT2D eigenvalue weighted by Crippen LogP contribution is 2.37. The molecule has 0 amide bonds. The van der Waals surface area contributed by atoms with Crippen molar-refractivity contribution in [1.29, 1.82) is 0 Å². The van der Waals surface area contributed by atoms with Gasteiger partial charge in [-0.1, -0.05) is 29.9 Å². The molecular weight excluding hydrogens is 372 g/mol. The monoisotopic (exact) mass is 388 g/mol. The summed E-state index contributed by atoms with van der Waals surface area (Å²) < 4.78 is 0.685. The van der Waals surface area contributed by atoms with Crippen LogP contribution in [-0.4, -0.2) is 25.9 Å². The third-order valence-electron chi connectivity index (χ3n) is 3.52. The summed E-state index contributed by atoms with van der Waals surface area (Å²) in [7, 11) is 2.97. The minimum Gasteiger partial charge on any atom is -0.492 e. The fourth-order valence-electron chi connectivity index (χ4n) is 2.22. The fourth-order valence-corrected chi connectivity index (χ4v) is 4.08. The Morgan fingerprint density at radius 3 is 2.54 bits per heavy atom. The van der Waals surface area contributed by atoms with Crippen molar-refractivity contribution in [3.05, 3.63) is 65.9 Å². The molecule has 2 N–H and O–H groups in total. The van der Waals surface area contributed by atoms with E-state index in [4.69, 9.17) is 4.84 Å². The highest BCUT2D eigenvalue weighted by atomic mass is 33.1. The number of hydrogen-bond donors (Lipinski definition) is 2. The first kappa shape index (κ1) is 18.2. The zero-order valence-corrected chi connectivity index (χ0v) is 15.5. The molecule has 0 unspecified atom stereocenters. The van der Waals surface area contributed by atoms with Crippen molar-refractivity contribution in [2.24, 2.45) is 0 Å². The van der Waals surface area contributed by atoms with Crippen molar-refractivity contribution in [1.82, 2.24) is 9.71 Å². The minimum absolute atomic E-state index is 0.356. The Bertz CT molecular complexity index is 893. The lowest BCUT2D eigenvalue weighted by Crippen LogP contribution is -2.20. The van der Waals surface area contributed by atoms with Crippen LogP contribution >= 0.6 is 21.6 Å². The van der Waals surface area contributed by atoms with Gasteiger partial charge in [0.2, 0.25) is 11.8 Å². The number of aromatic hydroxyl groups is 2. The number of nitrogens with zero attached hydrogens (tertiary/aromatic N) is 2. The maximum Gasteiger partial charge on any atom is 0.364 e. The van der Waals surface area contributed by atoms with Crippen LogP contribution in [0.2, 0.25) is 0 Å². The van der Waals surface area contributed by atoms with Gasteiger partial charge in [0.1, 0.15) is 5.03 Å². The molecule has 26 heavy (non-hydrogen) atoms. The molecule has 0 aliphatic rings. The number of hydrogen-bond acceptors (Lipinski definition) is 7. The van der Waals surface area contributed by atoms with Crippen LogP contribution in [0.15, 0.2) is 64.6 Å². The van der Waals surface area contributed by atoms with Crippen molar-refractivity contribution in [3.8, 4) is 11.8 Å². The maximum absolute atomic E-state index is 12.5. The van der Waals surface area contributed by atoms with Crippen LogP contribution in [0.3, 0.4) is 0 Å². The van der Waals surface area contributed by atoms with E-state index in [2.05, 4.69) is 4.98 Å². The van der Waals surface area contributed by atoms with Gasteiger partial charge in [-0.05, 0) is 47.0 Å². The Balaban J connectivity index is 1.80. The number of pyridine rings is 1. The van der Waals surface area contributed by atoms with E-state index in [-0.39, 0.29) is 11.8 Å². The van der Waals surface area contributed by atoms with Gasteiger partial charge >= 0.3 is 5.97 Å². The zero-order chi connectivity index (χ0) is 18.5. The molecule has 2 aromatic heterocycles. The smallest absolute Gasteiger partial charge is 0.364 e. The Hall–Kier alpha value is -2.58. The van der Waals surface area contributed by atoms with Gasteiger partial charge < -0.3 is 15.1 Å². The van der Waals surface area contributed by atoms with Gasteiger partial charge in [-0.3, -0.25) is 0 Å². The molecule has 0 saturated carbocycles. The van der Waals surface area contributed by atoms with Gasteiger partial charge in [-0.2, -0.15) is 0 Å². The summed E-state index contributed by atoms with van der Waals surface area (Å²) in [4.78, 5) is 22.8. The first-order valence-electron chi connectivity index (χ1n) is 7.79. The van der Waals surface area contributed by atoms with Crippen LogP contribution in [-0.2, 0) is 6.42 Å². The molecule has 0 aliphatic carbocycles. The third kappa shape index (κ3) is 4.14. The summed E-state index contributed by atoms with van der Waals surface area (Å²) in [6.45, 7) is 1.94. The van der Waals surface area contributed by atoms with E-state index in [0.717, 1.165) is 15.5 Å². The molecule has 6 nitrogen and oxygen atoms in total. The molecule has 8 heteroatoms. The number of aromatic nitrogens is 2. The van der Waals surface area contributed by atoms with Crippen molar-refractivity contribution < 1.29 is 19.8 Å². The second-order valence-electron chi connectivity index (χ2n) is 5.23. The molecular formula is C18H16N2O4S2. The standard InChI is InChI=1S/C18H16N2O4S2/c1-2-12-6-7-13(25-26-15-5-3-4-10-19-15)11-14(12)18(23)24-20-16(21)8-9-17(20)22/h3-11,21-22H,2H2,1H3. The van der Waals surface area contributed by atoms with Crippen LogP contribution in [0, 0.1) is 0 Å². The second-order valence-corrected chi connectivity index (χ2v) is 7.45. The Morgan fingerprint density at radius 1 is 1.12 bits per heavy atom. The summed E-state index contributed by atoms with van der Waals surface area (Å²) in [5.41, 5.74) is 1.19. The lowest BCUT2D eigenvalue weighted by atomic mass is 10.1. The summed E-state index contributed by atoms with van der Waals surface area (Å²) in [6, 6.07) is 13.7. The first-order valence-corrected chi connectivity index (χ1v) is 9.94. The van der Waals surface area contributed by atoms with Gasteiger partial charge in [0, 0.05) is 23.2 Å². The molecule has 3 aromatic rings. The number of rotatable bonds is 6. The van der Waals surface area contributed by atoms with E-state index in [0.29, 0.717) is 16.7 Å². The normalized spacial score (nSPS) is 10.7. The molecule has 3 rings (SSSR count). The number of carbonyl (C=O) groups excluding carboxylic acids is 1. The molecule has 0 fully saturated rings. The molecule has 1 aromatic carbocycles. The molecule has 0 atom stereocenters. The predicted octanol–water partition coefficient (Wildman–Crippen LogP) is 3.93. The SMILES string of the molecule is CCc1ccc(SSc2ccccn2)cc1C(=O)On1c(O)ccc1O. The fraction of sp³-hybridized carbons (Fsp3) is 0.111. The molecule has 2 heterocycles. The minimum atomic E-state index is -0.658.